The summed E-state index contributed by atoms with van der Waals surface area (Å²) < 4.78 is 4.56. The first-order valence-corrected chi connectivity index (χ1v) is 5.68. The summed E-state index contributed by atoms with van der Waals surface area (Å²) in [6.07, 6.45) is 1.56. The number of rotatable bonds is 3. The molecule has 2 N–H and O–H groups in total. The summed E-state index contributed by atoms with van der Waals surface area (Å²) in [7, 11) is 0. The summed E-state index contributed by atoms with van der Waals surface area (Å²) in [5.74, 6) is 0.0934. The number of benzene rings is 1. The molecular formula is C12H10N4O3. The van der Waals surface area contributed by atoms with Crippen molar-refractivity contribution >= 4 is 17.5 Å². The number of carbonyl (C=O) groups excluding carboxylic acids is 2. The number of nitrogens with one attached hydrogen (secondary N) is 2. The van der Waals surface area contributed by atoms with Crippen molar-refractivity contribution in [2.45, 2.75) is 13.0 Å². The van der Waals surface area contributed by atoms with E-state index in [4.69, 9.17) is 0 Å². The molecule has 3 rings (SSSR count). The van der Waals surface area contributed by atoms with E-state index >= 15 is 0 Å². The average Bonchev–Trinajstić information content (AvgIpc) is 3.02. The van der Waals surface area contributed by atoms with Crippen molar-refractivity contribution < 1.29 is 14.1 Å². The van der Waals surface area contributed by atoms with Crippen LogP contribution in [0.3, 0.4) is 0 Å². The highest BCUT2D eigenvalue weighted by Crippen LogP contribution is 2.23. The largest absolute Gasteiger partial charge is 0.345 e. The average molecular weight is 258 g/mol. The van der Waals surface area contributed by atoms with Crippen molar-refractivity contribution in [1.29, 1.82) is 0 Å². The number of fused-ring (bicyclic) bond motifs is 1. The molecule has 7 nitrogen and oxygen atoms in total. The second-order valence-corrected chi connectivity index (χ2v) is 4.13. The summed E-state index contributed by atoms with van der Waals surface area (Å²) >= 11 is 0. The van der Waals surface area contributed by atoms with Gasteiger partial charge in [-0.05, 0) is 17.7 Å². The van der Waals surface area contributed by atoms with Gasteiger partial charge < -0.3 is 15.2 Å². The topological polar surface area (TPSA) is 97.1 Å². The molecule has 0 radical (unpaired) electrons. The quantitative estimate of drug-likeness (QED) is 0.835. The zero-order valence-electron chi connectivity index (χ0n) is 9.84. The van der Waals surface area contributed by atoms with Crippen LogP contribution in [0.25, 0.3) is 0 Å². The second-order valence-electron chi connectivity index (χ2n) is 4.13. The lowest BCUT2D eigenvalue weighted by Crippen LogP contribution is -2.23. The number of amides is 2. The maximum atomic E-state index is 11.9. The second kappa shape index (κ2) is 4.52. The van der Waals surface area contributed by atoms with Crippen molar-refractivity contribution in [2.24, 2.45) is 0 Å². The molecule has 1 aliphatic rings. The van der Waals surface area contributed by atoms with Gasteiger partial charge in [-0.2, -0.15) is 4.98 Å². The lowest BCUT2D eigenvalue weighted by atomic mass is 10.1. The van der Waals surface area contributed by atoms with Crippen LogP contribution >= 0.6 is 0 Å². The molecule has 7 heteroatoms. The zero-order valence-corrected chi connectivity index (χ0v) is 9.84. The van der Waals surface area contributed by atoms with Crippen LogP contribution in [0.2, 0.25) is 0 Å². The van der Waals surface area contributed by atoms with Gasteiger partial charge >= 0.3 is 0 Å². The number of nitrogens with zero attached hydrogens (tertiary/aromatic N) is 2. The number of hydrogen-bond acceptors (Lipinski definition) is 5. The SMILES string of the molecule is O=C1Cc2ccc(C(=O)NCc3ncon3)cc2N1. The molecular weight excluding hydrogens is 248 g/mol. The molecule has 0 fully saturated rings. The minimum Gasteiger partial charge on any atom is -0.345 e. The van der Waals surface area contributed by atoms with Gasteiger partial charge in [0.2, 0.25) is 12.3 Å². The lowest BCUT2D eigenvalue weighted by molar-refractivity contribution is -0.115. The van der Waals surface area contributed by atoms with Gasteiger partial charge in [0.15, 0.2) is 5.82 Å². The Balaban J connectivity index is 1.70. The number of aromatic nitrogens is 2. The molecule has 96 valence electrons. The van der Waals surface area contributed by atoms with E-state index in [0.717, 1.165) is 5.56 Å². The van der Waals surface area contributed by atoms with E-state index < -0.39 is 0 Å². The molecule has 2 amide bonds. The molecule has 0 atom stereocenters. The van der Waals surface area contributed by atoms with Crippen molar-refractivity contribution in [3.63, 3.8) is 0 Å². The maximum absolute atomic E-state index is 11.9. The third kappa shape index (κ3) is 2.30. The Labute approximate surface area is 108 Å². The van der Waals surface area contributed by atoms with Crippen LogP contribution in [0, 0.1) is 0 Å². The maximum Gasteiger partial charge on any atom is 0.251 e. The first-order valence-electron chi connectivity index (χ1n) is 5.68. The fourth-order valence-corrected chi connectivity index (χ4v) is 1.89. The third-order valence-electron chi connectivity index (χ3n) is 2.81. The first kappa shape index (κ1) is 11.4. The van der Waals surface area contributed by atoms with Crippen molar-refractivity contribution in [3.8, 4) is 0 Å². The molecule has 0 aliphatic carbocycles. The highest BCUT2D eigenvalue weighted by atomic mass is 16.5. The van der Waals surface area contributed by atoms with Gasteiger partial charge in [-0.15, -0.1) is 0 Å². The molecule has 2 aromatic rings. The predicted octanol–water partition coefficient (Wildman–Crippen LogP) is 0.494. The van der Waals surface area contributed by atoms with Crippen LogP contribution in [0.5, 0.6) is 0 Å². The van der Waals surface area contributed by atoms with E-state index in [9.17, 15) is 9.59 Å². The van der Waals surface area contributed by atoms with Crippen LogP contribution in [-0.2, 0) is 17.8 Å². The number of carbonyl (C=O) groups is 2. The highest BCUT2D eigenvalue weighted by molar-refractivity contribution is 6.02. The normalized spacial score (nSPS) is 12.9. The smallest absolute Gasteiger partial charge is 0.251 e. The van der Waals surface area contributed by atoms with Crippen LogP contribution < -0.4 is 10.6 Å². The zero-order chi connectivity index (χ0) is 13.2. The van der Waals surface area contributed by atoms with Crippen molar-refractivity contribution in [1.82, 2.24) is 15.5 Å². The minimum atomic E-state index is -0.256. The van der Waals surface area contributed by atoms with Gasteiger partial charge in [0.25, 0.3) is 5.91 Å². The van der Waals surface area contributed by atoms with E-state index in [1.54, 1.807) is 18.2 Å². The van der Waals surface area contributed by atoms with Crippen LogP contribution in [0.15, 0.2) is 29.1 Å². The Morgan fingerprint density at radius 2 is 2.37 bits per heavy atom. The van der Waals surface area contributed by atoms with Crippen LogP contribution in [0.1, 0.15) is 21.7 Å². The lowest BCUT2D eigenvalue weighted by Gasteiger charge is -2.04. The summed E-state index contributed by atoms with van der Waals surface area (Å²) in [5, 5.41) is 8.96. The summed E-state index contributed by atoms with van der Waals surface area (Å²) in [6, 6.07) is 5.12. The molecule has 19 heavy (non-hydrogen) atoms. The van der Waals surface area contributed by atoms with Crippen LogP contribution in [-0.4, -0.2) is 22.0 Å². The Morgan fingerprint density at radius 1 is 1.47 bits per heavy atom. The Morgan fingerprint density at radius 3 is 3.16 bits per heavy atom. The Bertz CT molecular complexity index is 636. The summed E-state index contributed by atoms with van der Waals surface area (Å²) in [4.78, 5) is 26.9. The molecule has 0 saturated carbocycles. The minimum absolute atomic E-state index is 0.0562. The fourth-order valence-electron chi connectivity index (χ4n) is 1.89. The van der Waals surface area contributed by atoms with E-state index in [-0.39, 0.29) is 18.4 Å². The van der Waals surface area contributed by atoms with Gasteiger partial charge in [-0.1, -0.05) is 11.2 Å². The molecule has 1 aliphatic heterocycles. The number of hydrogen-bond donors (Lipinski definition) is 2. The van der Waals surface area contributed by atoms with Gasteiger partial charge in [0.1, 0.15) is 0 Å². The monoisotopic (exact) mass is 258 g/mol. The van der Waals surface area contributed by atoms with Crippen molar-refractivity contribution in [3.05, 3.63) is 41.5 Å². The van der Waals surface area contributed by atoms with E-state index in [0.29, 0.717) is 23.5 Å². The molecule has 0 unspecified atom stereocenters. The van der Waals surface area contributed by atoms with E-state index in [2.05, 4.69) is 25.3 Å². The van der Waals surface area contributed by atoms with E-state index in [1.807, 2.05) is 0 Å². The van der Waals surface area contributed by atoms with Crippen molar-refractivity contribution in [2.75, 3.05) is 5.32 Å². The molecule has 0 bridgehead atoms. The molecule has 0 saturated heterocycles. The standard InChI is InChI=1S/C12H10N4O3/c17-11-4-7-1-2-8(3-9(7)15-11)12(18)13-5-10-14-6-19-16-10/h1-3,6H,4-5H2,(H,13,18)(H,15,17). The Kier molecular flexibility index (Phi) is 2.71. The number of anilines is 1. The van der Waals surface area contributed by atoms with Gasteiger partial charge in [0.05, 0.1) is 13.0 Å². The highest BCUT2D eigenvalue weighted by Gasteiger charge is 2.19. The molecule has 1 aromatic heterocycles. The fraction of sp³-hybridized carbons (Fsp3) is 0.167. The first-order chi connectivity index (χ1) is 9.22. The molecule has 1 aromatic carbocycles. The van der Waals surface area contributed by atoms with Crippen LogP contribution in [0.4, 0.5) is 5.69 Å². The van der Waals surface area contributed by atoms with Gasteiger partial charge in [-0.25, -0.2) is 0 Å². The van der Waals surface area contributed by atoms with E-state index in [1.165, 1.54) is 6.39 Å². The molecule has 0 spiro atoms. The third-order valence-corrected chi connectivity index (χ3v) is 2.81. The predicted molar refractivity (Wildman–Crippen MR) is 64.2 cm³/mol. The Hall–Kier alpha value is -2.70. The summed E-state index contributed by atoms with van der Waals surface area (Å²) in [5.41, 5.74) is 2.07. The van der Waals surface area contributed by atoms with Gasteiger partial charge in [0, 0.05) is 11.3 Å². The molecule has 2 heterocycles. The van der Waals surface area contributed by atoms with Gasteiger partial charge in [-0.3, -0.25) is 9.59 Å². The summed E-state index contributed by atoms with van der Waals surface area (Å²) in [6.45, 7) is 0.193.